The highest BCUT2D eigenvalue weighted by atomic mass is 16.5. The molecule has 0 amide bonds. The molecule has 0 aliphatic heterocycles. The van der Waals surface area contributed by atoms with Gasteiger partial charge >= 0.3 is 11.4 Å². The highest BCUT2D eigenvalue weighted by Crippen LogP contribution is 2.37. The second-order valence-corrected chi connectivity index (χ2v) is 6.72. The van der Waals surface area contributed by atoms with Gasteiger partial charge in [0.25, 0.3) is 11.1 Å². The summed E-state index contributed by atoms with van der Waals surface area (Å²) in [5, 5.41) is 0.0683. The number of nitrogens with zero attached hydrogens (tertiary/aromatic N) is 2. The number of hydrogen-bond donors (Lipinski definition) is 4. The van der Waals surface area contributed by atoms with Gasteiger partial charge in [-0.15, -0.1) is 0 Å². The molecular formula is C19H18N6O5. The summed E-state index contributed by atoms with van der Waals surface area (Å²) in [4.78, 5) is 57.0. The first-order chi connectivity index (χ1) is 14.2. The van der Waals surface area contributed by atoms with Crippen molar-refractivity contribution in [2.75, 3.05) is 12.8 Å². The van der Waals surface area contributed by atoms with Crippen molar-refractivity contribution in [3.63, 3.8) is 0 Å². The van der Waals surface area contributed by atoms with Gasteiger partial charge in [0.15, 0.2) is 0 Å². The predicted molar refractivity (Wildman–Crippen MR) is 112 cm³/mol. The molecule has 3 aromatic heterocycles. The van der Waals surface area contributed by atoms with Crippen LogP contribution < -0.4 is 33.0 Å². The Hall–Kier alpha value is -4.28. The lowest BCUT2D eigenvalue weighted by atomic mass is 10.0. The number of rotatable bonds is 3. The zero-order chi connectivity index (χ0) is 21.7. The fraction of sp³-hybridized carbons (Fsp3) is 0.158. The lowest BCUT2D eigenvalue weighted by Crippen LogP contribution is -2.32. The molecule has 0 aliphatic rings. The standard InChI is InChI=1S/C19H18N6O5/c1-24-14(20)11(16(26)22-18(24)28)10-12-15(25(2)19(29)23-17(12)27)21-13(10)8-4-6-9(30-3)7-5-8/h4-7,21H,20H2,1-3H3,(H,22,26,28)(H,23,27,29). The third-order valence-corrected chi connectivity index (χ3v) is 5.07. The summed E-state index contributed by atoms with van der Waals surface area (Å²) in [7, 11) is 4.41. The monoisotopic (exact) mass is 410 g/mol. The van der Waals surface area contributed by atoms with Crippen molar-refractivity contribution < 1.29 is 4.74 Å². The maximum atomic E-state index is 12.7. The van der Waals surface area contributed by atoms with Crippen LogP contribution in [0, 0.1) is 0 Å². The summed E-state index contributed by atoms with van der Waals surface area (Å²) < 4.78 is 7.47. The molecule has 0 unspecified atom stereocenters. The highest BCUT2D eigenvalue weighted by molar-refractivity contribution is 6.04. The number of H-pyrrole nitrogens is 3. The molecule has 0 saturated heterocycles. The van der Waals surface area contributed by atoms with E-state index in [9.17, 15) is 19.2 Å². The zero-order valence-electron chi connectivity index (χ0n) is 16.3. The molecule has 0 atom stereocenters. The zero-order valence-corrected chi connectivity index (χ0v) is 16.3. The molecule has 0 spiro atoms. The summed E-state index contributed by atoms with van der Waals surface area (Å²) in [5.74, 6) is 0.494. The van der Waals surface area contributed by atoms with Gasteiger partial charge in [0.2, 0.25) is 0 Å². The van der Waals surface area contributed by atoms with Crippen molar-refractivity contribution >= 4 is 16.9 Å². The van der Waals surface area contributed by atoms with Crippen molar-refractivity contribution in [1.82, 2.24) is 24.1 Å². The van der Waals surface area contributed by atoms with E-state index in [1.807, 2.05) is 0 Å². The van der Waals surface area contributed by atoms with Crippen LogP contribution in [0.25, 0.3) is 33.4 Å². The van der Waals surface area contributed by atoms with E-state index in [1.165, 1.54) is 25.8 Å². The Morgan fingerprint density at radius 3 is 2.07 bits per heavy atom. The maximum absolute atomic E-state index is 12.7. The van der Waals surface area contributed by atoms with Gasteiger partial charge in [0, 0.05) is 19.7 Å². The Bertz CT molecular complexity index is 1530. The third-order valence-electron chi connectivity index (χ3n) is 5.07. The van der Waals surface area contributed by atoms with Crippen LogP contribution in [0.15, 0.2) is 43.4 Å². The van der Waals surface area contributed by atoms with Crippen molar-refractivity contribution in [3.8, 4) is 28.1 Å². The first kappa shape index (κ1) is 19.1. The molecule has 11 nitrogen and oxygen atoms in total. The number of aromatic amines is 3. The number of nitrogen functional groups attached to an aromatic ring is 1. The Labute approximate surface area is 167 Å². The summed E-state index contributed by atoms with van der Waals surface area (Å²) >= 11 is 0. The number of aromatic nitrogens is 5. The SMILES string of the molecule is COc1ccc(-c2[nH]c3c(c2-c2c(N)n(C)c(=O)[nH]c2=O)c(=O)[nH]c(=O)n3C)cc1. The average molecular weight is 410 g/mol. The molecule has 4 aromatic rings. The van der Waals surface area contributed by atoms with Crippen molar-refractivity contribution in [2.45, 2.75) is 0 Å². The molecule has 0 radical (unpaired) electrons. The van der Waals surface area contributed by atoms with Crippen LogP contribution in [0.2, 0.25) is 0 Å². The first-order valence-electron chi connectivity index (χ1n) is 8.83. The predicted octanol–water partition coefficient (Wildman–Crippen LogP) is -0.133. The second kappa shape index (κ2) is 6.65. The molecular weight excluding hydrogens is 392 g/mol. The fourth-order valence-corrected chi connectivity index (χ4v) is 3.41. The summed E-state index contributed by atoms with van der Waals surface area (Å²) in [6.45, 7) is 0. The molecule has 0 fully saturated rings. The Morgan fingerprint density at radius 2 is 1.43 bits per heavy atom. The Kier molecular flexibility index (Phi) is 4.23. The summed E-state index contributed by atoms with van der Waals surface area (Å²) in [5.41, 5.74) is 4.69. The lowest BCUT2D eigenvalue weighted by molar-refractivity contribution is 0.415. The number of ether oxygens (including phenoxy) is 1. The Balaban J connectivity index is 2.23. The van der Waals surface area contributed by atoms with Crippen LogP contribution in [0.3, 0.4) is 0 Å². The smallest absolute Gasteiger partial charge is 0.329 e. The second-order valence-electron chi connectivity index (χ2n) is 6.72. The third kappa shape index (κ3) is 2.67. The topological polar surface area (TPSA) is 161 Å². The van der Waals surface area contributed by atoms with Crippen LogP contribution in [0.5, 0.6) is 5.75 Å². The molecule has 0 bridgehead atoms. The van der Waals surface area contributed by atoms with E-state index in [4.69, 9.17) is 10.5 Å². The molecule has 154 valence electrons. The van der Waals surface area contributed by atoms with Crippen molar-refractivity contribution in [3.05, 3.63) is 65.9 Å². The minimum atomic E-state index is -0.750. The maximum Gasteiger partial charge on any atom is 0.329 e. The van der Waals surface area contributed by atoms with E-state index in [2.05, 4.69) is 15.0 Å². The van der Waals surface area contributed by atoms with Gasteiger partial charge in [-0.1, -0.05) is 0 Å². The van der Waals surface area contributed by atoms with Crippen LogP contribution in [0.1, 0.15) is 0 Å². The van der Waals surface area contributed by atoms with Gasteiger partial charge in [-0.2, -0.15) is 0 Å². The average Bonchev–Trinajstić information content (AvgIpc) is 3.11. The van der Waals surface area contributed by atoms with Gasteiger partial charge in [-0.25, -0.2) is 9.59 Å². The van der Waals surface area contributed by atoms with Gasteiger partial charge in [-0.3, -0.25) is 28.7 Å². The van der Waals surface area contributed by atoms with E-state index >= 15 is 0 Å². The first-order valence-corrected chi connectivity index (χ1v) is 8.83. The van der Waals surface area contributed by atoms with E-state index in [-0.39, 0.29) is 28.0 Å². The molecule has 5 N–H and O–H groups in total. The quantitative estimate of drug-likeness (QED) is 0.368. The normalized spacial score (nSPS) is 11.2. The van der Waals surface area contributed by atoms with Gasteiger partial charge in [0.1, 0.15) is 17.2 Å². The molecule has 1 aromatic carbocycles. The molecule has 4 rings (SSSR count). The van der Waals surface area contributed by atoms with E-state index < -0.39 is 22.5 Å². The van der Waals surface area contributed by atoms with Gasteiger partial charge in [-0.05, 0) is 29.8 Å². The molecule has 3 heterocycles. The van der Waals surface area contributed by atoms with Gasteiger partial charge in [0.05, 0.1) is 23.8 Å². The van der Waals surface area contributed by atoms with Crippen LogP contribution in [-0.4, -0.2) is 31.2 Å². The van der Waals surface area contributed by atoms with Crippen LogP contribution >= 0.6 is 0 Å². The number of benzene rings is 1. The van der Waals surface area contributed by atoms with Crippen LogP contribution in [0.4, 0.5) is 5.82 Å². The van der Waals surface area contributed by atoms with Crippen molar-refractivity contribution in [2.24, 2.45) is 14.1 Å². The number of nitrogens with one attached hydrogen (secondary N) is 3. The van der Waals surface area contributed by atoms with Crippen LogP contribution in [-0.2, 0) is 14.1 Å². The van der Waals surface area contributed by atoms with E-state index in [1.54, 1.807) is 24.3 Å². The van der Waals surface area contributed by atoms with E-state index in [0.717, 1.165) is 4.57 Å². The van der Waals surface area contributed by atoms with E-state index in [0.29, 0.717) is 17.0 Å². The molecule has 11 heteroatoms. The minimum absolute atomic E-state index is 0.0571. The molecule has 30 heavy (non-hydrogen) atoms. The number of aryl methyl sites for hydroxylation is 1. The fourth-order valence-electron chi connectivity index (χ4n) is 3.41. The number of hydrogen-bond acceptors (Lipinski definition) is 6. The molecule has 0 aliphatic carbocycles. The summed E-state index contributed by atoms with van der Waals surface area (Å²) in [6.07, 6.45) is 0. The number of anilines is 1. The number of methoxy groups -OCH3 is 1. The number of nitrogens with two attached hydrogens (primary N) is 1. The van der Waals surface area contributed by atoms with Crippen molar-refractivity contribution in [1.29, 1.82) is 0 Å². The highest BCUT2D eigenvalue weighted by Gasteiger charge is 2.25. The minimum Gasteiger partial charge on any atom is -0.497 e. The lowest BCUT2D eigenvalue weighted by Gasteiger charge is -2.10. The Morgan fingerprint density at radius 1 is 0.833 bits per heavy atom. The van der Waals surface area contributed by atoms with Gasteiger partial charge < -0.3 is 15.5 Å². The molecule has 0 saturated carbocycles. The largest absolute Gasteiger partial charge is 0.497 e. The summed E-state index contributed by atoms with van der Waals surface area (Å²) in [6, 6.07) is 6.88. The number of fused-ring (bicyclic) bond motifs is 1.